The lowest BCUT2D eigenvalue weighted by Crippen LogP contribution is -2.12. The Morgan fingerprint density at radius 3 is 2.54 bits per heavy atom. The second kappa shape index (κ2) is 7.47. The minimum absolute atomic E-state index is 0.564. The molecule has 1 nitrogen and oxygen atoms in total. The molecule has 1 aliphatic carbocycles. The fourth-order valence-corrected chi connectivity index (χ4v) is 5.12. The number of para-hydroxylation sites is 1. The van der Waals surface area contributed by atoms with Crippen LogP contribution in [-0.2, 0) is 6.42 Å². The number of hydrogen-bond acceptors (Lipinski definition) is 1. The Hall–Kier alpha value is -1.76. The Morgan fingerprint density at radius 2 is 1.77 bits per heavy atom. The topological polar surface area (TPSA) is 9.23 Å². The predicted octanol–water partition coefficient (Wildman–Crippen LogP) is 6.58. The van der Waals surface area contributed by atoms with Crippen LogP contribution in [0.5, 0.6) is 5.75 Å². The highest BCUT2D eigenvalue weighted by Gasteiger charge is 2.32. The summed E-state index contributed by atoms with van der Waals surface area (Å²) in [5.74, 6) is 4.72. The molecule has 1 saturated carbocycles. The van der Waals surface area contributed by atoms with Gasteiger partial charge in [0, 0.05) is 11.5 Å². The van der Waals surface area contributed by atoms with Crippen LogP contribution in [0.1, 0.15) is 68.6 Å². The molecule has 4 atom stereocenters. The van der Waals surface area contributed by atoms with Crippen molar-refractivity contribution in [3.63, 3.8) is 0 Å². The van der Waals surface area contributed by atoms with E-state index in [1.807, 2.05) is 0 Å². The molecule has 2 aromatic carbocycles. The summed E-state index contributed by atoms with van der Waals surface area (Å²) in [6.45, 7) is 7.92. The SMILES string of the molecule is CC(C)C1COc2c(CC(C)C3CCC(c4ccccc4)C3)cccc21. The Balaban J connectivity index is 1.44. The molecular formula is C25H32O. The molecule has 0 radical (unpaired) electrons. The summed E-state index contributed by atoms with van der Waals surface area (Å²) in [6.07, 6.45) is 5.21. The zero-order valence-electron chi connectivity index (χ0n) is 16.4. The van der Waals surface area contributed by atoms with Crippen molar-refractivity contribution in [2.24, 2.45) is 17.8 Å². The molecule has 0 N–H and O–H groups in total. The van der Waals surface area contributed by atoms with Crippen LogP contribution < -0.4 is 4.74 Å². The first-order valence-electron chi connectivity index (χ1n) is 10.4. The Labute approximate surface area is 158 Å². The van der Waals surface area contributed by atoms with Crippen molar-refractivity contribution in [2.45, 2.75) is 58.3 Å². The van der Waals surface area contributed by atoms with E-state index in [0.717, 1.165) is 30.8 Å². The highest BCUT2D eigenvalue weighted by atomic mass is 16.5. The van der Waals surface area contributed by atoms with Gasteiger partial charge >= 0.3 is 0 Å². The van der Waals surface area contributed by atoms with Crippen molar-refractivity contribution >= 4 is 0 Å². The average Bonchev–Trinajstić information content (AvgIpc) is 3.30. The lowest BCUT2D eigenvalue weighted by Gasteiger charge is -2.21. The lowest BCUT2D eigenvalue weighted by molar-refractivity contribution is 0.298. The van der Waals surface area contributed by atoms with Crippen molar-refractivity contribution < 1.29 is 4.74 Å². The molecule has 1 fully saturated rings. The van der Waals surface area contributed by atoms with Gasteiger partial charge in [-0.25, -0.2) is 0 Å². The number of benzene rings is 2. The molecule has 0 aromatic heterocycles. The summed E-state index contributed by atoms with van der Waals surface area (Å²) in [5, 5.41) is 0. The van der Waals surface area contributed by atoms with Gasteiger partial charge in [0.2, 0.25) is 0 Å². The van der Waals surface area contributed by atoms with E-state index >= 15 is 0 Å². The van der Waals surface area contributed by atoms with E-state index in [1.54, 1.807) is 0 Å². The van der Waals surface area contributed by atoms with Gasteiger partial charge in [-0.05, 0) is 60.5 Å². The van der Waals surface area contributed by atoms with E-state index < -0.39 is 0 Å². The molecule has 4 rings (SSSR count). The first-order chi connectivity index (χ1) is 12.6. The molecule has 26 heavy (non-hydrogen) atoms. The molecule has 138 valence electrons. The van der Waals surface area contributed by atoms with E-state index in [9.17, 15) is 0 Å². The van der Waals surface area contributed by atoms with Crippen LogP contribution in [0.15, 0.2) is 48.5 Å². The third-order valence-corrected chi connectivity index (χ3v) is 6.83. The van der Waals surface area contributed by atoms with E-state index in [0.29, 0.717) is 11.8 Å². The molecular weight excluding hydrogens is 316 g/mol. The minimum atomic E-state index is 0.564. The first kappa shape index (κ1) is 17.6. The summed E-state index contributed by atoms with van der Waals surface area (Å²) < 4.78 is 6.16. The smallest absolute Gasteiger partial charge is 0.126 e. The zero-order chi connectivity index (χ0) is 18.1. The van der Waals surface area contributed by atoms with E-state index in [-0.39, 0.29) is 0 Å². The van der Waals surface area contributed by atoms with Crippen LogP contribution in [0.2, 0.25) is 0 Å². The normalized spacial score (nSPS) is 25.9. The van der Waals surface area contributed by atoms with E-state index in [2.05, 4.69) is 69.3 Å². The lowest BCUT2D eigenvalue weighted by atomic mass is 9.84. The monoisotopic (exact) mass is 348 g/mol. The van der Waals surface area contributed by atoms with Gasteiger partial charge in [0.25, 0.3) is 0 Å². The maximum atomic E-state index is 6.16. The molecule has 2 aromatic rings. The molecule has 0 spiro atoms. The third-order valence-electron chi connectivity index (χ3n) is 6.83. The fraction of sp³-hybridized carbons (Fsp3) is 0.520. The van der Waals surface area contributed by atoms with Crippen LogP contribution in [0.4, 0.5) is 0 Å². The Kier molecular flexibility index (Phi) is 5.07. The molecule has 0 saturated heterocycles. The van der Waals surface area contributed by atoms with Crippen LogP contribution in [0.3, 0.4) is 0 Å². The molecule has 0 bridgehead atoms. The van der Waals surface area contributed by atoms with Crippen molar-refractivity contribution in [3.05, 3.63) is 65.2 Å². The van der Waals surface area contributed by atoms with Gasteiger partial charge in [-0.15, -0.1) is 0 Å². The molecule has 2 aliphatic rings. The number of hydrogen-bond donors (Lipinski definition) is 0. The van der Waals surface area contributed by atoms with Crippen LogP contribution in [0, 0.1) is 17.8 Å². The van der Waals surface area contributed by atoms with Gasteiger partial charge < -0.3 is 4.74 Å². The predicted molar refractivity (Wildman–Crippen MR) is 109 cm³/mol. The van der Waals surface area contributed by atoms with Crippen molar-refractivity contribution in [3.8, 4) is 5.75 Å². The fourth-order valence-electron chi connectivity index (χ4n) is 5.12. The van der Waals surface area contributed by atoms with Crippen molar-refractivity contribution in [1.82, 2.24) is 0 Å². The van der Waals surface area contributed by atoms with Gasteiger partial charge in [0.1, 0.15) is 5.75 Å². The number of fused-ring (bicyclic) bond motifs is 1. The van der Waals surface area contributed by atoms with Crippen molar-refractivity contribution in [2.75, 3.05) is 6.61 Å². The Morgan fingerprint density at radius 1 is 0.962 bits per heavy atom. The summed E-state index contributed by atoms with van der Waals surface area (Å²) in [7, 11) is 0. The van der Waals surface area contributed by atoms with Gasteiger partial charge in [0.15, 0.2) is 0 Å². The van der Waals surface area contributed by atoms with Gasteiger partial charge in [0.05, 0.1) is 6.61 Å². The highest BCUT2D eigenvalue weighted by molar-refractivity contribution is 5.47. The third kappa shape index (κ3) is 3.41. The molecule has 1 heterocycles. The van der Waals surface area contributed by atoms with Crippen LogP contribution in [-0.4, -0.2) is 6.61 Å². The summed E-state index contributed by atoms with van der Waals surface area (Å²) in [5.41, 5.74) is 4.41. The molecule has 1 aliphatic heterocycles. The second-order valence-electron chi connectivity index (χ2n) is 8.86. The largest absolute Gasteiger partial charge is 0.492 e. The second-order valence-corrected chi connectivity index (χ2v) is 8.86. The zero-order valence-corrected chi connectivity index (χ0v) is 16.4. The van der Waals surface area contributed by atoms with Crippen molar-refractivity contribution in [1.29, 1.82) is 0 Å². The van der Waals surface area contributed by atoms with E-state index in [4.69, 9.17) is 4.74 Å². The number of ether oxygens (including phenoxy) is 1. The minimum Gasteiger partial charge on any atom is -0.492 e. The van der Waals surface area contributed by atoms with E-state index in [1.165, 1.54) is 41.7 Å². The standard InChI is InChI=1S/C25H32O/c1-17(2)24-16-26-25-22(10-7-11-23(24)25)14-18(3)20-12-13-21(15-20)19-8-5-4-6-9-19/h4-11,17-18,20-21,24H,12-16H2,1-3H3. The molecule has 0 amide bonds. The average molecular weight is 349 g/mol. The quantitative estimate of drug-likeness (QED) is 0.593. The van der Waals surface area contributed by atoms with Crippen LogP contribution in [0.25, 0.3) is 0 Å². The van der Waals surface area contributed by atoms with Gasteiger partial charge in [-0.1, -0.05) is 69.3 Å². The van der Waals surface area contributed by atoms with Gasteiger partial charge in [-0.3, -0.25) is 0 Å². The maximum absolute atomic E-state index is 6.16. The molecule has 1 heteroatoms. The van der Waals surface area contributed by atoms with Gasteiger partial charge in [-0.2, -0.15) is 0 Å². The summed E-state index contributed by atoms with van der Waals surface area (Å²) >= 11 is 0. The summed E-state index contributed by atoms with van der Waals surface area (Å²) in [6, 6.07) is 17.9. The maximum Gasteiger partial charge on any atom is 0.126 e. The first-order valence-corrected chi connectivity index (χ1v) is 10.4. The number of rotatable bonds is 5. The molecule has 4 unspecified atom stereocenters. The highest BCUT2D eigenvalue weighted by Crippen LogP contribution is 2.45. The van der Waals surface area contributed by atoms with Crippen LogP contribution >= 0.6 is 0 Å². The Bertz CT molecular complexity index is 733. The summed E-state index contributed by atoms with van der Waals surface area (Å²) in [4.78, 5) is 0.